The van der Waals surface area contributed by atoms with Crippen LogP contribution in [0, 0.1) is 12.7 Å². The van der Waals surface area contributed by atoms with Crippen molar-refractivity contribution >= 4 is 63.1 Å². The Hall–Kier alpha value is -5.48. The zero-order valence-electron chi connectivity index (χ0n) is 27.9. The van der Waals surface area contributed by atoms with E-state index < -0.39 is 61.9 Å². The summed E-state index contributed by atoms with van der Waals surface area (Å²) in [5, 5.41) is 16.4. The lowest BCUT2D eigenvalue weighted by Gasteiger charge is -2.12. The smallest absolute Gasteiger partial charge is 0.355 e. The maximum absolute atomic E-state index is 14.2. The fraction of sp³-hybridized carbons (Fsp3) is 0.310. The van der Waals surface area contributed by atoms with E-state index in [-0.39, 0.29) is 64.2 Å². The molecule has 4 aromatic rings. The number of alkyl halides is 3. The number of aromatic carboxylic acids is 1. The number of amides is 2. The van der Waals surface area contributed by atoms with E-state index in [0.717, 1.165) is 24.3 Å². The molecule has 0 spiro atoms. The number of hydrogen-bond acceptors (Lipinski definition) is 13. The molecule has 286 valence electrons. The Morgan fingerprint density at radius 1 is 1.06 bits per heavy atom. The molecule has 1 atom stereocenters. The first-order valence-electron chi connectivity index (χ1n) is 14.9. The van der Waals surface area contributed by atoms with Gasteiger partial charge in [0.2, 0.25) is 11.9 Å². The van der Waals surface area contributed by atoms with E-state index in [4.69, 9.17) is 37.8 Å². The number of nitrogens with one attached hydrogen (secondary N) is 3. The number of carboxylic acids is 1. The van der Waals surface area contributed by atoms with Gasteiger partial charge in [0.05, 0.1) is 18.8 Å². The lowest BCUT2D eigenvalue weighted by molar-refractivity contribution is -0.142. The van der Waals surface area contributed by atoms with Gasteiger partial charge in [0.15, 0.2) is 5.82 Å². The molecule has 2 amide bonds. The summed E-state index contributed by atoms with van der Waals surface area (Å²) < 4.78 is 77.0. The van der Waals surface area contributed by atoms with Crippen molar-refractivity contribution in [3.8, 4) is 11.7 Å². The zero-order valence-corrected chi connectivity index (χ0v) is 30.3. The molecular formula is C29H30Cl2F3N9O9S. The van der Waals surface area contributed by atoms with Gasteiger partial charge in [0.25, 0.3) is 10.0 Å². The molecule has 4 N–H and O–H groups in total. The predicted molar refractivity (Wildman–Crippen MR) is 182 cm³/mol. The average Bonchev–Trinajstić information content (AvgIpc) is 3.38. The van der Waals surface area contributed by atoms with Crippen LogP contribution in [0.2, 0.25) is 5.02 Å². The van der Waals surface area contributed by atoms with Crippen molar-refractivity contribution in [3.05, 3.63) is 74.7 Å². The number of benzene rings is 2. The van der Waals surface area contributed by atoms with E-state index in [0.29, 0.717) is 4.68 Å². The van der Waals surface area contributed by atoms with Gasteiger partial charge in [-0.25, -0.2) is 36.5 Å². The van der Waals surface area contributed by atoms with Crippen molar-refractivity contribution in [1.82, 2.24) is 34.0 Å². The standard InChI is InChI=1S/C15H14Cl2F3N3O3.C14H16N6O6S/c1-3-26-13(24)10(17)4-8-5-12(11(18)6-9(8)16)23-15(25)22(14(19)20)7(2)21-23;1-3-26-14-18-11(15-2)16-12(19-14)17-13(23)20-27(24,25)9-7-5-4-6-8(9)10(21)22/h5-6,10,14H,3-4H2,1-2H3;4-7H,3H2,1-2H3,(H,21,22)(H3,15,16,17,18,19,20,23). The third-order valence-corrected chi connectivity index (χ3v) is 8.51. The van der Waals surface area contributed by atoms with Crippen molar-refractivity contribution in [3.63, 3.8) is 0 Å². The number of hydrogen-bond donors (Lipinski definition) is 4. The number of carboxylic acid groups (broad SMARTS) is 1. The fourth-order valence-electron chi connectivity index (χ4n) is 4.17. The summed E-state index contributed by atoms with van der Waals surface area (Å²) in [7, 11) is -2.92. The third kappa shape index (κ3) is 10.8. The first kappa shape index (κ1) is 41.9. The summed E-state index contributed by atoms with van der Waals surface area (Å²) in [6.45, 7) is 1.77. The van der Waals surface area contributed by atoms with Gasteiger partial charge in [-0.15, -0.1) is 16.7 Å². The number of rotatable bonds is 13. The number of anilines is 2. The second-order valence-corrected chi connectivity index (χ2v) is 12.6. The molecule has 0 radical (unpaired) electrons. The number of urea groups is 1. The fourth-order valence-corrected chi connectivity index (χ4v) is 5.73. The van der Waals surface area contributed by atoms with Gasteiger partial charge in [0, 0.05) is 18.5 Å². The van der Waals surface area contributed by atoms with Gasteiger partial charge in [-0.2, -0.15) is 28.4 Å². The molecule has 18 nitrogen and oxygen atoms in total. The number of halogens is 5. The predicted octanol–water partition coefficient (Wildman–Crippen LogP) is 3.76. The Morgan fingerprint density at radius 2 is 1.72 bits per heavy atom. The van der Waals surface area contributed by atoms with Crippen molar-refractivity contribution in [1.29, 1.82) is 0 Å². The topological polar surface area (TPSA) is 239 Å². The Morgan fingerprint density at radius 3 is 2.30 bits per heavy atom. The molecule has 2 aromatic heterocycles. The number of ether oxygens (including phenoxy) is 2. The molecule has 2 aromatic carbocycles. The van der Waals surface area contributed by atoms with Crippen LogP contribution in [0.1, 0.15) is 42.1 Å². The van der Waals surface area contributed by atoms with Crippen molar-refractivity contribution in [2.24, 2.45) is 0 Å². The van der Waals surface area contributed by atoms with Crippen molar-refractivity contribution in [2.45, 2.75) is 44.0 Å². The number of sulfonamides is 1. The van der Waals surface area contributed by atoms with E-state index in [1.165, 1.54) is 26.1 Å². The zero-order chi connectivity index (χ0) is 39.6. The molecule has 1 unspecified atom stereocenters. The van der Waals surface area contributed by atoms with Gasteiger partial charge in [-0.1, -0.05) is 23.7 Å². The van der Waals surface area contributed by atoms with Gasteiger partial charge < -0.3 is 19.9 Å². The molecular weight excluding hydrogens is 778 g/mol. The normalized spacial score (nSPS) is 11.6. The molecule has 0 saturated carbocycles. The minimum absolute atomic E-state index is 0.0424. The van der Waals surface area contributed by atoms with Crippen LogP contribution in [0.15, 0.2) is 46.1 Å². The number of nitrogens with zero attached hydrogens (tertiary/aromatic N) is 6. The van der Waals surface area contributed by atoms with Crippen LogP contribution in [0.3, 0.4) is 0 Å². The third-order valence-electron chi connectivity index (χ3n) is 6.43. The number of aryl methyl sites for hydroxylation is 1. The van der Waals surface area contributed by atoms with E-state index in [9.17, 15) is 40.8 Å². The van der Waals surface area contributed by atoms with Crippen LogP contribution in [0.25, 0.3) is 5.69 Å². The molecule has 2 heterocycles. The lowest BCUT2D eigenvalue weighted by atomic mass is 10.1. The van der Waals surface area contributed by atoms with Crippen molar-refractivity contribution < 1.29 is 50.6 Å². The van der Waals surface area contributed by atoms with Crippen LogP contribution in [-0.2, 0) is 26.0 Å². The Kier molecular flexibility index (Phi) is 14.5. The van der Waals surface area contributed by atoms with Crippen LogP contribution < -0.4 is 25.8 Å². The highest BCUT2D eigenvalue weighted by atomic mass is 35.5. The van der Waals surface area contributed by atoms with Gasteiger partial charge >= 0.3 is 36.2 Å². The molecule has 0 saturated heterocycles. The first-order chi connectivity index (χ1) is 24.9. The molecule has 53 heavy (non-hydrogen) atoms. The quantitative estimate of drug-likeness (QED) is 0.111. The number of carbonyl (C=O) groups is 3. The largest absolute Gasteiger partial charge is 0.478 e. The molecule has 0 aliphatic carbocycles. The Bertz CT molecular complexity index is 2160. The Balaban J connectivity index is 0.000000286. The van der Waals surface area contributed by atoms with Gasteiger partial charge in [0.1, 0.15) is 21.8 Å². The number of carbonyl (C=O) groups excluding carboxylic acids is 2. The van der Waals surface area contributed by atoms with Crippen LogP contribution in [-0.4, -0.2) is 86.4 Å². The summed E-state index contributed by atoms with van der Waals surface area (Å²) in [5.74, 6) is -3.55. The molecule has 0 fully saturated rings. The summed E-state index contributed by atoms with van der Waals surface area (Å²) in [5.41, 5.74) is -1.84. The van der Waals surface area contributed by atoms with Crippen LogP contribution >= 0.6 is 23.2 Å². The summed E-state index contributed by atoms with van der Waals surface area (Å²) in [6, 6.07) is 5.63. The van der Waals surface area contributed by atoms with Gasteiger partial charge in [-0.3, -0.25) is 10.1 Å². The maximum atomic E-state index is 14.2. The van der Waals surface area contributed by atoms with Crippen LogP contribution in [0.5, 0.6) is 6.01 Å². The van der Waals surface area contributed by atoms with Crippen LogP contribution in [0.4, 0.5) is 29.9 Å². The summed E-state index contributed by atoms with van der Waals surface area (Å²) in [4.78, 5) is 57.9. The second kappa shape index (κ2) is 18.3. The number of esters is 1. The highest BCUT2D eigenvalue weighted by Gasteiger charge is 2.26. The summed E-state index contributed by atoms with van der Waals surface area (Å²) in [6.07, 6.45) is -0.115. The van der Waals surface area contributed by atoms with Gasteiger partial charge in [-0.05, 0) is 50.6 Å². The minimum atomic E-state index is -4.45. The Labute approximate surface area is 308 Å². The highest BCUT2D eigenvalue weighted by Crippen LogP contribution is 2.26. The lowest BCUT2D eigenvalue weighted by Crippen LogP contribution is -2.35. The van der Waals surface area contributed by atoms with E-state index in [2.05, 4.69) is 30.7 Å². The van der Waals surface area contributed by atoms with E-state index >= 15 is 0 Å². The second-order valence-electron chi connectivity index (χ2n) is 10.0. The monoisotopic (exact) mass is 807 g/mol. The molecule has 0 aliphatic rings. The molecule has 0 bridgehead atoms. The first-order valence-corrected chi connectivity index (χ1v) is 17.2. The number of aromatic nitrogens is 6. The highest BCUT2D eigenvalue weighted by molar-refractivity contribution is 7.90. The van der Waals surface area contributed by atoms with Crippen molar-refractivity contribution in [2.75, 3.05) is 30.9 Å². The van der Waals surface area contributed by atoms with E-state index in [1.54, 1.807) is 18.6 Å². The minimum Gasteiger partial charge on any atom is -0.478 e. The van der Waals surface area contributed by atoms with E-state index in [1.807, 2.05) is 0 Å². The molecule has 4 rings (SSSR count). The average molecular weight is 809 g/mol. The molecule has 24 heteroatoms. The summed E-state index contributed by atoms with van der Waals surface area (Å²) >= 11 is 11.9. The molecule has 0 aliphatic heterocycles. The maximum Gasteiger partial charge on any atom is 0.355 e. The SMILES string of the molecule is CCOC(=O)C(Cl)Cc1cc(-n2nc(C)n(C(F)F)c2=O)c(F)cc1Cl.CCOc1nc(NC)nc(NC(=O)NS(=O)(=O)c2ccccc2C(=O)O)n1.